The highest BCUT2D eigenvalue weighted by atomic mass is 79.9. The Morgan fingerprint density at radius 3 is 2.55 bits per heavy atom. The van der Waals surface area contributed by atoms with Crippen molar-refractivity contribution in [1.29, 1.82) is 0 Å². The van der Waals surface area contributed by atoms with Crippen molar-refractivity contribution in [2.24, 2.45) is 0 Å². The van der Waals surface area contributed by atoms with E-state index in [1.807, 2.05) is 4.90 Å². The van der Waals surface area contributed by atoms with Crippen LogP contribution in [0.5, 0.6) is 0 Å². The summed E-state index contributed by atoms with van der Waals surface area (Å²) in [5, 5.41) is 3.49. The van der Waals surface area contributed by atoms with E-state index in [0.29, 0.717) is 35.3 Å². The minimum absolute atomic E-state index is 0.292. The number of nitrogens with zero attached hydrogens (tertiary/aromatic N) is 1. The summed E-state index contributed by atoms with van der Waals surface area (Å²) in [6.45, 7) is 1.33. The largest absolute Gasteiger partial charge is 0.418 e. The van der Waals surface area contributed by atoms with E-state index < -0.39 is 11.7 Å². The third-order valence-corrected chi connectivity index (χ3v) is 4.33. The molecular formula is C14H16BrF3N2. The van der Waals surface area contributed by atoms with E-state index in [-0.39, 0.29) is 0 Å². The molecule has 2 nitrogen and oxygen atoms in total. The van der Waals surface area contributed by atoms with Gasteiger partial charge in [0.2, 0.25) is 0 Å². The summed E-state index contributed by atoms with van der Waals surface area (Å²) in [5.41, 5.74) is -0.264. The Balaban J connectivity index is 1.79. The number of alkyl halides is 3. The molecule has 2 fully saturated rings. The molecule has 1 saturated carbocycles. The molecule has 1 aromatic rings. The first-order valence-corrected chi connectivity index (χ1v) is 7.60. The van der Waals surface area contributed by atoms with Crippen LogP contribution in [-0.2, 0) is 6.18 Å². The molecule has 1 saturated heterocycles. The van der Waals surface area contributed by atoms with Crippen LogP contribution in [0.2, 0.25) is 0 Å². The Kier molecular flexibility index (Phi) is 3.71. The SMILES string of the molecule is FC(F)(F)c1cc(Br)ccc1N1CCC(NC2CC2)C1. The zero-order valence-corrected chi connectivity index (χ0v) is 12.5. The molecule has 1 atom stereocenters. The third kappa shape index (κ3) is 3.11. The molecule has 6 heteroatoms. The van der Waals surface area contributed by atoms with E-state index in [2.05, 4.69) is 21.2 Å². The highest BCUT2D eigenvalue weighted by Gasteiger charge is 2.37. The average molecular weight is 349 g/mol. The second-order valence-corrected chi connectivity index (χ2v) is 6.45. The molecule has 3 rings (SSSR count). The topological polar surface area (TPSA) is 15.3 Å². The summed E-state index contributed by atoms with van der Waals surface area (Å²) in [5.74, 6) is 0. The first kappa shape index (κ1) is 14.2. The van der Waals surface area contributed by atoms with Gasteiger partial charge in [0.05, 0.1) is 5.56 Å². The normalized spacial score (nSPS) is 23.4. The van der Waals surface area contributed by atoms with E-state index >= 15 is 0 Å². The first-order chi connectivity index (χ1) is 9.43. The summed E-state index contributed by atoms with van der Waals surface area (Å²) >= 11 is 3.12. The minimum Gasteiger partial charge on any atom is -0.369 e. The summed E-state index contributed by atoms with van der Waals surface area (Å²) in [6, 6.07) is 5.30. The van der Waals surface area contributed by atoms with E-state index in [1.54, 1.807) is 12.1 Å². The van der Waals surface area contributed by atoms with Crippen LogP contribution in [0, 0.1) is 0 Å². The average Bonchev–Trinajstić information content (AvgIpc) is 3.05. The van der Waals surface area contributed by atoms with E-state index in [0.717, 1.165) is 12.5 Å². The molecular weight excluding hydrogens is 333 g/mol. The first-order valence-electron chi connectivity index (χ1n) is 6.81. The van der Waals surface area contributed by atoms with E-state index in [9.17, 15) is 13.2 Å². The van der Waals surface area contributed by atoms with Crippen LogP contribution in [0.3, 0.4) is 0 Å². The molecule has 0 spiro atoms. The predicted octanol–water partition coefficient (Wildman–Crippen LogP) is 3.80. The van der Waals surface area contributed by atoms with E-state index in [4.69, 9.17) is 0 Å². The molecule has 1 aliphatic carbocycles. The van der Waals surface area contributed by atoms with Gasteiger partial charge in [0.1, 0.15) is 0 Å². The van der Waals surface area contributed by atoms with Crippen LogP contribution in [0.25, 0.3) is 0 Å². The fraction of sp³-hybridized carbons (Fsp3) is 0.571. The van der Waals surface area contributed by atoms with Crippen molar-refractivity contribution >= 4 is 21.6 Å². The lowest BCUT2D eigenvalue weighted by Crippen LogP contribution is -2.34. The predicted molar refractivity (Wildman–Crippen MR) is 75.9 cm³/mol. The number of anilines is 1. The molecule has 0 amide bonds. The van der Waals surface area contributed by atoms with Gasteiger partial charge in [0, 0.05) is 35.3 Å². The standard InChI is InChI=1S/C14H16BrF3N2/c15-9-1-4-13(12(7-9)14(16,17)18)20-6-5-11(8-20)19-10-2-3-10/h1,4,7,10-11,19H,2-3,5-6,8H2. The lowest BCUT2D eigenvalue weighted by atomic mass is 10.1. The number of rotatable bonds is 3. The third-order valence-electron chi connectivity index (χ3n) is 3.84. The van der Waals surface area contributed by atoms with Gasteiger partial charge in [-0.1, -0.05) is 15.9 Å². The maximum Gasteiger partial charge on any atom is 0.418 e. The summed E-state index contributed by atoms with van der Waals surface area (Å²) in [4.78, 5) is 1.84. The van der Waals surface area contributed by atoms with Crippen molar-refractivity contribution in [3.05, 3.63) is 28.2 Å². The van der Waals surface area contributed by atoms with Crippen molar-refractivity contribution in [3.8, 4) is 0 Å². The fourth-order valence-electron chi connectivity index (χ4n) is 2.71. The van der Waals surface area contributed by atoms with Crippen LogP contribution in [0.1, 0.15) is 24.8 Å². The molecule has 0 aromatic heterocycles. The Hall–Kier alpha value is -0.750. The second kappa shape index (κ2) is 5.22. The van der Waals surface area contributed by atoms with Gasteiger partial charge in [-0.25, -0.2) is 0 Å². The highest BCUT2D eigenvalue weighted by molar-refractivity contribution is 9.10. The molecule has 110 valence electrons. The van der Waals surface area contributed by atoms with Gasteiger partial charge in [-0.3, -0.25) is 0 Å². The zero-order valence-electron chi connectivity index (χ0n) is 10.9. The summed E-state index contributed by atoms with van der Waals surface area (Å²) in [6.07, 6.45) is -1.02. The van der Waals surface area contributed by atoms with Crippen LogP contribution < -0.4 is 10.2 Å². The lowest BCUT2D eigenvalue weighted by Gasteiger charge is -2.23. The maximum absolute atomic E-state index is 13.1. The zero-order chi connectivity index (χ0) is 14.3. The fourth-order valence-corrected chi connectivity index (χ4v) is 3.07. The molecule has 0 radical (unpaired) electrons. The maximum atomic E-state index is 13.1. The highest BCUT2D eigenvalue weighted by Crippen LogP contribution is 2.39. The smallest absolute Gasteiger partial charge is 0.369 e. The van der Waals surface area contributed by atoms with Gasteiger partial charge in [-0.2, -0.15) is 13.2 Å². The number of halogens is 4. The molecule has 2 aliphatic rings. The molecule has 1 unspecified atom stereocenters. The quantitative estimate of drug-likeness (QED) is 0.893. The minimum atomic E-state index is -4.32. The van der Waals surface area contributed by atoms with Gasteiger partial charge in [0.25, 0.3) is 0 Å². The van der Waals surface area contributed by atoms with Crippen molar-refractivity contribution in [2.75, 3.05) is 18.0 Å². The van der Waals surface area contributed by atoms with Crippen molar-refractivity contribution in [3.63, 3.8) is 0 Å². The number of hydrogen-bond donors (Lipinski definition) is 1. The van der Waals surface area contributed by atoms with E-state index in [1.165, 1.54) is 12.8 Å². The Labute approximate surface area is 124 Å². The summed E-state index contributed by atoms with van der Waals surface area (Å²) < 4.78 is 39.9. The van der Waals surface area contributed by atoms with Gasteiger partial charge in [-0.15, -0.1) is 0 Å². The second-order valence-electron chi connectivity index (χ2n) is 5.53. The van der Waals surface area contributed by atoms with Crippen LogP contribution >= 0.6 is 15.9 Å². The molecule has 0 bridgehead atoms. The Bertz CT molecular complexity index is 500. The Morgan fingerprint density at radius 2 is 1.90 bits per heavy atom. The lowest BCUT2D eigenvalue weighted by molar-refractivity contribution is -0.137. The Morgan fingerprint density at radius 1 is 1.15 bits per heavy atom. The van der Waals surface area contributed by atoms with Crippen molar-refractivity contribution < 1.29 is 13.2 Å². The van der Waals surface area contributed by atoms with Crippen molar-refractivity contribution in [2.45, 2.75) is 37.5 Å². The summed E-state index contributed by atoms with van der Waals surface area (Å²) in [7, 11) is 0. The van der Waals surface area contributed by atoms with Gasteiger partial charge >= 0.3 is 6.18 Å². The molecule has 1 heterocycles. The van der Waals surface area contributed by atoms with Crippen LogP contribution in [0.15, 0.2) is 22.7 Å². The van der Waals surface area contributed by atoms with Gasteiger partial charge in [0.15, 0.2) is 0 Å². The number of benzene rings is 1. The van der Waals surface area contributed by atoms with Gasteiger partial charge in [-0.05, 0) is 37.5 Å². The molecule has 20 heavy (non-hydrogen) atoms. The van der Waals surface area contributed by atoms with Crippen molar-refractivity contribution in [1.82, 2.24) is 5.32 Å². The molecule has 1 aromatic carbocycles. The molecule has 1 N–H and O–H groups in total. The number of nitrogens with one attached hydrogen (secondary N) is 1. The van der Waals surface area contributed by atoms with Crippen LogP contribution in [-0.4, -0.2) is 25.2 Å². The van der Waals surface area contributed by atoms with Gasteiger partial charge < -0.3 is 10.2 Å². The van der Waals surface area contributed by atoms with Crippen LogP contribution in [0.4, 0.5) is 18.9 Å². The number of hydrogen-bond acceptors (Lipinski definition) is 2. The monoisotopic (exact) mass is 348 g/mol. The molecule has 1 aliphatic heterocycles.